The molecule has 1 aliphatic rings. The zero-order chi connectivity index (χ0) is 13.3. The molecular formula is C11H15N3O3S. The quantitative estimate of drug-likeness (QED) is 0.803. The molecule has 7 heteroatoms. The first kappa shape index (κ1) is 12.8. The molecule has 0 aromatic carbocycles. The molecule has 0 bridgehead atoms. The maximum Gasteiger partial charge on any atom is 0.328 e. The lowest BCUT2D eigenvalue weighted by Crippen LogP contribution is -2.41. The minimum Gasteiger partial charge on any atom is -0.467 e. The second-order valence-corrected chi connectivity index (χ2v) is 5.18. The average Bonchev–Trinajstić information content (AvgIpc) is 2.94. The number of carbonyl (C=O) groups is 2. The minimum atomic E-state index is -0.481. The van der Waals surface area contributed by atoms with E-state index in [1.165, 1.54) is 7.11 Å². The number of rotatable bonds is 2. The Balaban J connectivity index is 2.23. The fraction of sp³-hybridized carbons (Fsp3) is 0.545. The molecule has 1 atom stereocenters. The standard InChI is InChI=1S/C11H15N3O3S/c1-6-8(18-11(12)13-6)9(15)14-5-3-4-7(14)10(16)17-2/h7H,3-5H2,1-2H3,(H2,12,13). The van der Waals surface area contributed by atoms with Gasteiger partial charge in [-0.15, -0.1) is 0 Å². The van der Waals surface area contributed by atoms with Crippen LogP contribution in [0.15, 0.2) is 0 Å². The number of ether oxygens (including phenoxy) is 1. The number of aryl methyl sites for hydroxylation is 1. The molecule has 0 radical (unpaired) electrons. The van der Waals surface area contributed by atoms with E-state index in [1.807, 2.05) is 0 Å². The second kappa shape index (κ2) is 4.93. The van der Waals surface area contributed by atoms with Gasteiger partial charge in [0.25, 0.3) is 5.91 Å². The van der Waals surface area contributed by atoms with E-state index in [-0.39, 0.29) is 11.9 Å². The predicted molar refractivity (Wildman–Crippen MR) is 67.3 cm³/mol. The number of aromatic nitrogens is 1. The lowest BCUT2D eigenvalue weighted by Gasteiger charge is -2.22. The number of anilines is 1. The van der Waals surface area contributed by atoms with Crippen molar-refractivity contribution in [2.45, 2.75) is 25.8 Å². The summed E-state index contributed by atoms with van der Waals surface area (Å²) in [6.45, 7) is 2.30. The number of amides is 1. The first-order valence-corrected chi connectivity index (χ1v) is 6.48. The van der Waals surface area contributed by atoms with Crippen LogP contribution in [0, 0.1) is 6.92 Å². The van der Waals surface area contributed by atoms with Crippen LogP contribution >= 0.6 is 11.3 Å². The predicted octanol–water partition coefficient (Wildman–Crippen LogP) is 0.811. The Morgan fingerprint density at radius 1 is 1.56 bits per heavy atom. The third kappa shape index (κ3) is 2.17. The molecule has 0 aliphatic carbocycles. The van der Waals surface area contributed by atoms with E-state index >= 15 is 0 Å². The van der Waals surface area contributed by atoms with Crippen molar-refractivity contribution in [2.75, 3.05) is 19.4 Å². The Labute approximate surface area is 109 Å². The fourth-order valence-electron chi connectivity index (χ4n) is 2.14. The third-order valence-electron chi connectivity index (χ3n) is 2.99. The maximum atomic E-state index is 12.3. The Morgan fingerprint density at radius 2 is 2.28 bits per heavy atom. The minimum absolute atomic E-state index is 0.186. The molecule has 0 spiro atoms. The smallest absolute Gasteiger partial charge is 0.328 e. The molecule has 1 amide bonds. The molecule has 1 fully saturated rings. The van der Waals surface area contributed by atoms with Crippen molar-refractivity contribution in [3.05, 3.63) is 10.6 Å². The summed E-state index contributed by atoms with van der Waals surface area (Å²) < 4.78 is 4.72. The van der Waals surface area contributed by atoms with E-state index in [2.05, 4.69) is 4.98 Å². The monoisotopic (exact) mass is 269 g/mol. The molecule has 1 aliphatic heterocycles. The molecule has 1 unspecified atom stereocenters. The molecule has 98 valence electrons. The van der Waals surface area contributed by atoms with Crippen LogP contribution < -0.4 is 5.73 Å². The van der Waals surface area contributed by atoms with E-state index < -0.39 is 6.04 Å². The molecule has 2 heterocycles. The Morgan fingerprint density at radius 3 is 2.83 bits per heavy atom. The van der Waals surface area contributed by atoms with Gasteiger partial charge in [-0.1, -0.05) is 11.3 Å². The topological polar surface area (TPSA) is 85.5 Å². The van der Waals surface area contributed by atoms with E-state index in [0.717, 1.165) is 17.8 Å². The number of methoxy groups -OCH3 is 1. The van der Waals surface area contributed by atoms with Crippen molar-refractivity contribution in [1.29, 1.82) is 0 Å². The number of esters is 1. The van der Waals surface area contributed by atoms with Gasteiger partial charge in [-0.3, -0.25) is 4.79 Å². The third-order valence-corrected chi connectivity index (χ3v) is 3.97. The zero-order valence-electron chi connectivity index (χ0n) is 10.3. The van der Waals surface area contributed by atoms with Crippen molar-refractivity contribution < 1.29 is 14.3 Å². The van der Waals surface area contributed by atoms with E-state index in [4.69, 9.17) is 10.5 Å². The summed E-state index contributed by atoms with van der Waals surface area (Å²) in [6.07, 6.45) is 1.45. The summed E-state index contributed by atoms with van der Waals surface area (Å²) in [6, 6.07) is -0.481. The van der Waals surface area contributed by atoms with Crippen LogP contribution in [0.4, 0.5) is 5.13 Å². The van der Waals surface area contributed by atoms with Gasteiger partial charge in [-0.2, -0.15) is 0 Å². The molecule has 2 N–H and O–H groups in total. The van der Waals surface area contributed by atoms with Crippen LogP contribution in [0.25, 0.3) is 0 Å². The highest BCUT2D eigenvalue weighted by molar-refractivity contribution is 7.17. The summed E-state index contributed by atoms with van der Waals surface area (Å²) >= 11 is 1.15. The van der Waals surface area contributed by atoms with Gasteiger partial charge in [-0.05, 0) is 19.8 Å². The second-order valence-electron chi connectivity index (χ2n) is 4.15. The Kier molecular flexibility index (Phi) is 3.51. The lowest BCUT2D eigenvalue weighted by molar-refractivity contribution is -0.145. The number of nitrogens with two attached hydrogens (primary N) is 1. The van der Waals surface area contributed by atoms with Crippen LogP contribution in [0.1, 0.15) is 28.2 Å². The highest BCUT2D eigenvalue weighted by atomic mass is 32.1. The van der Waals surface area contributed by atoms with Gasteiger partial charge in [0.2, 0.25) is 0 Å². The van der Waals surface area contributed by atoms with Crippen molar-refractivity contribution in [1.82, 2.24) is 9.88 Å². The van der Waals surface area contributed by atoms with Crippen LogP contribution in [0.2, 0.25) is 0 Å². The molecule has 1 aromatic heterocycles. The number of nitrogen functional groups attached to an aromatic ring is 1. The molecule has 0 saturated carbocycles. The van der Waals surface area contributed by atoms with E-state index in [9.17, 15) is 9.59 Å². The molecular weight excluding hydrogens is 254 g/mol. The zero-order valence-corrected chi connectivity index (χ0v) is 11.1. The summed E-state index contributed by atoms with van der Waals surface area (Å²) in [5.41, 5.74) is 6.19. The van der Waals surface area contributed by atoms with Gasteiger partial charge in [-0.25, -0.2) is 9.78 Å². The van der Waals surface area contributed by atoms with Crippen LogP contribution in [-0.2, 0) is 9.53 Å². The summed E-state index contributed by atoms with van der Waals surface area (Å²) in [5, 5.41) is 0.365. The maximum absolute atomic E-state index is 12.3. The van der Waals surface area contributed by atoms with E-state index in [1.54, 1.807) is 11.8 Å². The Bertz CT molecular complexity index is 486. The SMILES string of the molecule is COC(=O)C1CCCN1C(=O)c1sc(N)nc1C. The van der Waals surface area contributed by atoms with Gasteiger partial charge < -0.3 is 15.4 Å². The van der Waals surface area contributed by atoms with Gasteiger partial charge in [0.15, 0.2) is 5.13 Å². The fourth-order valence-corrected chi connectivity index (χ4v) is 2.93. The number of nitrogens with zero attached hydrogens (tertiary/aromatic N) is 2. The normalized spacial score (nSPS) is 19.0. The molecule has 1 aromatic rings. The summed E-state index contributed by atoms with van der Waals surface area (Å²) in [7, 11) is 1.33. The van der Waals surface area contributed by atoms with Crippen LogP contribution in [0.3, 0.4) is 0 Å². The number of hydrogen-bond donors (Lipinski definition) is 1. The highest BCUT2D eigenvalue weighted by Gasteiger charge is 2.36. The first-order valence-electron chi connectivity index (χ1n) is 5.66. The molecule has 6 nitrogen and oxygen atoms in total. The first-order chi connectivity index (χ1) is 8.54. The molecule has 18 heavy (non-hydrogen) atoms. The Hall–Kier alpha value is -1.63. The van der Waals surface area contributed by atoms with Crippen LogP contribution in [-0.4, -0.2) is 41.5 Å². The van der Waals surface area contributed by atoms with Crippen molar-refractivity contribution >= 4 is 28.3 Å². The number of thiazole rings is 1. The van der Waals surface area contributed by atoms with Gasteiger partial charge in [0.1, 0.15) is 10.9 Å². The van der Waals surface area contributed by atoms with E-state index in [0.29, 0.717) is 28.7 Å². The number of likely N-dealkylation sites (tertiary alicyclic amines) is 1. The summed E-state index contributed by atoms with van der Waals surface area (Å²) in [5.74, 6) is -0.550. The average molecular weight is 269 g/mol. The van der Waals surface area contributed by atoms with Gasteiger partial charge in [0, 0.05) is 6.54 Å². The van der Waals surface area contributed by atoms with Crippen molar-refractivity contribution in [3.63, 3.8) is 0 Å². The number of carbonyl (C=O) groups excluding carboxylic acids is 2. The molecule has 1 saturated heterocycles. The van der Waals surface area contributed by atoms with Crippen molar-refractivity contribution in [3.8, 4) is 0 Å². The van der Waals surface area contributed by atoms with Crippen molar-refractivity contribution in [2.24, 2.45) is 0 Å². The highest BCUT2D eigenvalue weighted by Crippen LogP contribution is 2.26. The molecule has 2 rings (SSSR count). The van der Waals surface area contributed by atoms with Gasteiger partial charge in [0.05, 0.1) is 12.8 Å². The van der Waals surface area contributed by atoms with Crippen LogP contribution in [0.5, 0.6) is 0 Å². The lowest BCUT2D eigenvalue weighted by atomic mass is 10.2. The summed E-state index contributed by atoms with van der Waals surface area (Å²) in [4.78, 5) is 30.0. The number of hydrogen-bond acceptors (Lipinski definition) is 6. The largest absolute Gasteiger partial charge is 0.467 e. The van der Waals surface area contributed by atoms with Gasteiger partial charge >= 0.3 is 5.97 Å².